The Bertz CT molecular complexity index is 396. The van der Waals surface area contributed by atoms with Crippen molar-refractivity contribution in [3.63, 3.8) is 0 Å². The van der Waals surface area contributed by atoms with Crippen molar-refractivity contribution < 1.29 is 13.9 Å². The standard InChI is InChI=1S/C12H17FN2O2/c1-8(6-7-14)15-12(16)11-9(13)4-3-5-10(11)17-2/h3-5,8H,6-7,14H2,1-2H3,(H,15,16). The van der Waals surface area contributed by atoms with Gasteiger partial charge in [0.1, 0.15) is 17.1 Å². The molecule has 1 aromatic rings. The lowest BCUT2D eigenvalue weighted by atomic mass is 10.1. The molecule has 0 fully saturated rings. The van der Waals surface area contributed by atoms with E-state index in [0.29, 0.717) is 13.0 Å². The summed E-state index contributed by atoms with van der Waals surface area (Å²) in [6.07, 6.45) is 0.641. The number of ether oxygens (including phenoxy) is 1. The van der Waals surface area contributed by atoms with Gasteiger partial charge in [0.15, 0.2) is 0 Å². The predicted octanol–water partition coefficient (Wildman–Crippen LogP) is 1.30. The summed E-state index contributed by atoms with van der Waals surface area (Å²) in [6.45, 7) is 2.29. The molecule has 1 atom stereocenters. The first-order valence-electron chi connectivity index (χ1n) is 5.43. The van der Waals surface area contributed by atoms with Crippen LogP contribution in [-0.4, -0.2) is 25.6 Å². The number of nitrogens with two attached hydrogens (primary N) is 1. The Hall–Kier alpha value is -1.62. The molecule has 5 heteroatoms. The third-order valence-electron chi connectivity index (χ3n) is 2.40. The van der Waals surface area contributed by atoms with Crippen molar-refractivity contribution in [1.82, 2.24) is 5.32 Å². The highest BCUT2D eigenvalue weighted by Gasteiger charge is 2.18. The van der Waals surface area contributed by atoms with Crippen molar-refractivity contribution >= 4 is 5.91 Å². The highest BCUT2D eigenvalue weighted by Crippen LogP contribution is 2.20. The molecule has 0 saturated carbocycles. The van der Waals surface area contributed by atoms with Gasteiger partial charge in [0.25, 0.3) is 5.91 Å². The molecule has 0 saturated heterocycles. The normalized spacial score (nSPS) is 12.0. The molecular formula is C12H17FN2O2. The SMILES string of the molecule is COc1cccc(F)c1C(=O)NC(C)CCN. The fourth-order valence-corrected chi connectivity index (χ4v) is 1.51. The molecule has 17 heavy (non-hydrogen) atoms. The fourth-order valence-electron chi connectivity index (χ4n) is 1.51. The van der Waals surface area contributed by atoms with Gasteiger partial charge in [-0.2, -0.15) is 0 Å². The van der Waals surface area contributed by atoms with Crippen LogP contribution in [0, 0.1) is 5.82 Å². The lowest BCUT2D eigenvalue weighted by Gasteiger charge is -2.14. The zero-order valence-electron chi connectivity index (χ0n) is 10.00. The summed E-state index contributed by atoms with van der Waals surface area (Å²) in [6, 6.07) is 4.17. The van der Waals surface area contributed by atoms with Crippen molar-refractivity contribution in [2.75, 3.05) is 13.7 Å². The minimum absolute atomic E-state index is 0.0705. The highest BCUT2D eigenvalue weighted by atomic mass is 19.1. The van der Waals surface area contributed by atoms with Gasteiger partial charge in [-0.05, 0) is 32.0 Å². The second-order valence-electron chi connectivity index (χ2n) is 3.77. The molecule has 94 valence electrons. The molecule has 0 radical (unpaired) electrons. The molecular weight excluding hydrogens is 223 g/mol. The quantitative estimate of drug-likeness (QED) is 0.815. The van der Waals surface area contributed by atoms with Gasteiger partial charge in [-0.1, -0.05) is 6.07 Å². The van der Waals surface area contributed by atoms with Crippen molar-refractivity contribution in [2.45, 2.75) is 19.4 Å². The molecule has 4 nitrogen and oxygen atoms in total. The number of halogens is 1. The summed E-state index contributed by atoms with van der Waals surface area (Å²) >= 11 is 0. The molecule has 0 spiro atoms. The van der Waals surface area contributed by atoms with Gasteiger partial charge in [0.2, 0.25) is 0 Å². The molecule has 0 aliphatic rings. The van der Waals surface area contributed by atoms with Crippen LogP contribution < -0.4 is 15.8 Å². The smallest absolute Gasteiger partial charge is 0.258 e. The number of benzene rings is 1. The van der Waals surface area contributed by atoms with E-state index in [1.165, 1.54) is 19.2 Å². The number of hydrogen-bond acceptors (Lipinski definition) is 3. The average Bonchev–Trinajstić information content (AvgIpc) is 2.28. The van der Waals surface area contributed by atoms with E-state index >= 15 is 0 Å². The number of hydrogen-bond donors (Lipinski definition) is 2. The summed E-state index contributed by atoms with van der Waals surface area (Å²) in [7, 11) is 1.40. The molecule has 0 bridgehead atoms. The topological polar surface area (TPSA) is 64.3 Å². The molecule has 0 heterocycles. The Morgan fingerprint density at radius 1 is 1.59 bits per heavy atom. The van der Waals surface area contributed by atoms with Crippen LogP contribution in [0.3, 0.4) is 0 Å². The Labute approximate surface area is 100.0 Å². The summed E-state index contributed by atoms with van der Waals surface area (Å²) < 4.78 is 18.5. The van der Waals surface area contributed by atoms with Gasteiger partial charge in [-0.15, -0.1) is 0 Å². The zero-order valence-corrected chi connectivity index (χ0v) is 10.00. The monoisotopic (exact) mass is 240 g/mol. The van der Waals surface area contributed by atoms with Gasteiger partial charge in [0, 0.05) is 6.04 Å². The van der Waals surface area contributed by atoms with Crippen molar-refractivity contribution in [2.24, 2.45) is 5.73 Å². The molecule has 1 aromatic carbocycles. The Morgan fingerprint density at radius 3 is 2.88 bits per heavy atom. The number of carbonyl (C=O) groups excluding carboxylic acids is 1. The predicted molar refractivity (Wildman–Crippen MR) is 63.6 cm³/mol. The molecule has 0 aromatic heterocycles. The number of nitrogens with one attached hydrogen (secondary N) is 1. The van der Waals surface area contributed by atoms with E-state index in [-0.39, 0.29) is 17.4 Å². The number of methoxy groups -OCH3 is 1. The third-order valence-corrected chi connectivity index (χ3v) is 2.40. The Balaban J connectivity index is 2.88. The van der Waals surface area contributed by atoms with Crippen molar-refractivity contribution in [3.8, 4) is 5.75 Å². The van der Waals surface area contributed by atoms with E-state index in [4.69, 9.17) is 10.5 Å². The van der Waals surface area contributed by atoms with E-state index in [1.54, 1.807) is 6.07 Å². The maximum absolute atomic E-state index is 13.6. The van der Waals surface area contributed by atoms with Crippen LogP contribution in [0.5, 0.6) is 5.75 Å². The Morgan fingerprint density at radius 2 is 2.29 bits per heavy atom. The van der Waals surface area contributed by atoms with Crippen LogP contribution in [-0.2, 0) is 0 Å². The Kier molecular flexibility index (Phi) is 4.90. The van der Waals surface area contributed by atoms with Crippen LogP contribution in [0.2, 0.25) is 0 Å². The first-order chi connectivity index (χ1) is 8.10. The summed E-state index contributed by atoms with van der Waals surface area (Å²) in [4.78, 5) is 11.9. The van der Waals surface area contributed by atoms with Gasteiger partial charge in [-0.25, -0.2) is 4.39 Å². The van der Waals surface area contributed by atoms with E-state index in [1.807, 2.05) is 6.92 Å². The van der Waals surface area contributed by atoms with Crippen molar-refractivity contribution in [1.29, 1.82) is 0 Å². The van der Waals surface area contributed by atoms with E-state index in [0.717, 1.165) is 0 Å². The lowest BCUT2D eigenvalue weighted by molar-refractivity contribution is 0.0931. The fraction of sp³-hybridized carbons (Fsp3) is 0.417. The molecule has 3 N–H and O–H groups in total. The van der Waals surface area contributed by atoms with Gasteiger partial charge < -0.3 is 15.8 Å². The van der Waals surface area contributed by atoms with Crippen LogP contribution in [0.1, 0.15) is 23.7 Å². The molecule has 0 aliphatic heterocycles. The van der Waals surface area contributed by atoms with E-state index in [2.05, 4.69) is 5.32 Å². The average molecular weight is 240 g/mol. The minimum Gasteiger partial charge on any atom is -0.496 e. The first kappa shape index (κ1) is 13.4. The molecule has 0 aliphatic carbocycles. The number of amides is 1. The van der Waals surface area contributed by atoms with Crippen LogP contribution in [0.15, 0.2) is 18.2 Å². The summed E-state index contributed by atoms with van der Waals surface area (Å²) in [5.74, 6) is -0.856. The molecule has 1 unspecified atom stereocenters. The molecule has 1 rings (SSSR count). The highest BCUT2D eigenvalue weighted by molar-refractivity contribution is 5.97. The minimum atomic E-state index is -0.596. The maximum Gasteiger partial charge on any atom is 0.258 e. The number of rotatable bonds is 5. The van der Waals surface area contributed by atoms with E-state index < -0.39 is 11.7 Å². The van der Waals surface area contributed by atoms with Gasteiger partial charge >= 0.3 is 0 Å². The van der Waals surface area contributed by atoms with Crippen LogP contribution in [0.25, 0.3) is 0 Å². The van der Waals surface area contributed by atoms with Gasteiger partial charge in [-0.3, -0.25) is 4.79 Å². The third kappa shape index (κ3) is 3.42. The van der Waals surface area contributed by atoms with E-state index in [9.17, 15) is 9.18 Å². The maximum atomic E-state index is 13.6. The van der Waals surface area contributed by atoms with Crippen LogP contribution >= 0.6 is 0 Å². The summed E-state index contributed by atoms with van der Waals surface area (Å²) in [5, 5.41) is 2.67. The van der Waals surface area contributed by atoms with Crippen LogP contribution in [0.4, 0.5) is 4.39 Å². The second-order valence-corrected chi connectivity index (χ2v) is 3.77. The largest absolute Gasteiger partial charge is 0.496 e. The lowest BCUT2D eigenvalue weighted by Crippen LogP contribution is -2.34. The first-order valence-corrected chi connectivity index (χ1v) is 5.43. The molecule has 1 amide bonds. The summed E-state index contributed by atoms with van der Waals surface area (Å²) in [5.41, 5.74) is 5.31. The van der Waals surface area contributed by atoms with Crippen molar-refractivity contribution in [3.05, 3.63) is 29.6 Å². The van der Waals surface area contributed by atoms with Gasteiger partial charge in [0.05, 0.1) is 7.11 Å². The second kappa shape index (κ2) is 6.20. The zero-order chi connectivity index (χ0) is 12.8. The number of carbonyl (C=O) groups is 1.